The van der Waals surface area contributed by atoms with E-state index in [0.717, 1.165) is 16.9 Å². The molecule has 2 heterocycles. The lowest BCUT2D eigenvalue weighted by Gasteiger charge is -2.05. The van der Waals surface area contributed by atoms with Crippen molar-refractivity contribution in [1.82, 2.24) is 9.97 Å². The second-order valence-corrected chi connectivity index (χ2v) is 6.95. The molecule has 98 valence electrons. The number of aromatic nitrogens is 2. The molecular formula is C12H11N3O2S2. The van der Waals surface area contributed by atoms with Gasteiger partial charge in [0.2, 0.25) is 0 Å². The molecule has 0 spiro atoms. The predicted octanol–water partition coefficient (Wildman–Crippen LogP) is 2.73. The van der Waals surface area contributed by atoms with Gasteiger partial charge in [-0.1, -0.05) is 6.07 Å². The fraction of sp³-hybridized carbons (Fsp3) is 0.0833. The molecule has 19 heavy (non-hydrogen) atoms. The van der Waals surface area contributed by atoms with Crippen LogP contribution in [0.3, 0.4) is 0 Å². The van der Waals surface area contributed by atoms with Crippen molar-refractivity contribution in [3.8, 4) is 0 Å². The fourth-order valence-electron chi connectivity index (χ4n) is 1.82. The maximum absolute atomic E-state index is 12.1. The zero-order valence-electron chi connectivity index (χ0n) is 10.0. The van der Waals surface area contributed by atoms with Gasteiger partial charge in [0.05, 0.1) is 16.7 Å². The summed E-state index contributed by atoms with van der Waals surface area (Å²) in [5.74, 6) is 0.799. The van der Waals surface area contributed by atoms with Gasteiger partial charge in [0.25, 0.3) is 10.0 Å². The highest BCUT2D eigenvalue weighted by Gasteiger charge is 2.15. The van der Waals surface area contributed by atoms with Crippen molar-refractivity contribution in [3.05, 3.63) is 41.5 Å². The molecule has 1 aromatic carbocycles. The SMILES string of the molecule is Cc1nc2ccc(NS(=O)(=O)c3cccs3)cc2[nH]1. The summed E-state index contributed by atoms with van der Waals surface area (Å²) in [6.07, 6.45) is 0. The van der Waals surface area contributed by atoms with Gasteiger partial charge in [0, 0.05) is 0 Å². The minimum absolute atomic E-state index is 0.299. The van der Waals surface area contributed by atoms with Gasteiger partial charge in [-0.15, -0.1) is 11.3 Å². The summed E-state index contributed by atoms with van der Waals surface area (Å²) in [5, 5.41) is 1.73. The number of aryl methyl sites for hydroxylation is 1. The molecule has 5 nitrogen and oxygen atoms in total. The van der Waals surface area contributed by atoms with E-state index in [4.69, 9.17) is 0 Å². The molecule has 0 saturated heterocycles. The average molecular weight is 293 g/mol. The smallest absolute Gasteiger partial charge is 0.271 e. The Kier molecular flexibility index (Phi) is 2.79. The van der Waals surface area contributed by atoms with Crippen molar-refractivity contribution >= 4 is 38.1 Å². The van der Waals surface area contributed by atoms with Crippen LogP contribution in [0.5, 0.6) is 0 Å². The van der Waals surface area contributed by atoms with Crippen molar-refractivity contribution in [1.29, 1.82) is 0 Å². The molecule has 3 aromatic rings. The number of rotatable bonds is 3. The third-order valence-electron chi connectivity index (χ3n) is 2.61. The van der Waals surface area contributed by atoms with E-state index in [1.807, 2.05) is 6.92 Å². The molecule has 0 aliphatic heterocycles. The monoisotopic (exact) mass is 293 g/mol. The van der Waals surface area contributed by atoms with Crippen LogP contribution in [0.1, 0.15) is 5.82 Å². The van der Waals surface area contributed by atoms with Crippen LogP contribution < -0.4 is 4.72 Å². The Labute approximate surface area is 114 Å². The van der Waals surface area contributed by atoms with Gasteiger partial charge in [-0.3, -0.25) is 4.72 Å². The number of sulfonamides is 1. The summed E-state index contributed by atoms with van der Waals surface area (Å²) in [7, 11) is -3.50. The van der Waals surface area contributed by atoms with Crippen LogP contribution in [0.15, 0.2) is 39.9 Å². The summed E-state index contributed by atoms with van der Waals surface area (Å²) >= 11 is 1.19. The first-order valence-electron chi connectivity index (χ1n) is 5.57. The molecule has 0 amide bonds. The summed E-state index contributed by atoms with van der Waals surface area (Å²) in [4.78, 5) is 7.35. The molecule has 0 aliphatic carbocycles. The molecule has 0 fully saturated rings. The Bertz CT molecular complexity index is 820. The van der Waals surface area contributed by atoms with Gasteiger partial charge >= 0.3 is 0 Å². The maximum atomic E-state index is 12.1. The highest BCUT2D eigenvalue weighted by molar-refractivity contribution is 7.94. The van der Waals surface area contributed by atoms with Gasteiger partial charge in [0.1, 0.15) is 10.0 Å². The van der Waals surface area contributed by atoms with Crippen molar-refractivity contribution in [2.75, 3.05) is 4.72 Å². The Morgan fingerprint density at radius 1 is 1.32 bits per heavy atom. The van der Waals surface area contributed by atoms with Crippen LogP contribution in [-0.2, 0) is 10.0 Å². The van der Waals surface area contributed by atoms with E-state index >= 15 is 0 Å². The fourth-order valence-corrected chi connectivity index (χ4v) is 3.86. The number of H-pyrrole nitrogens is 1. The lowest BCUT2D eigenvalue weighted by atomic mass is 10.3. The van der Waals surface area contributed by atoms with Crippen molar-refractivity contribution in [2.24, 2.45) is 0 Å². The molecule has 0 atom stereocenters. The number of imidazole rings is 1. The van der Waals surface area contributed by atoms with E-state index in [9.17, 15) is 8.42 Å². The third kappa shape index (κ3) is 2.34. The number of fused-ring (bicyclic) bond motifs is 1. The van der Waals surface area contributed by atoms with E-state index in [-0.39, 0.29) is 0 Å². The molecule has 7 heteroatoms. The molecule has 0 unspecified atom stereocenters. The number of aromatic amines is 1. The molecule has 0 saturated carbocycles. The van der Waals surface area contributed by atoms with Crippen molar-refractivity contribution in [2.45, 2.75) is 11.1 Å². The molecular weight excluding hydrogens is 282 g/mol. The first-order valence-corrected chi connectivity index (χ1v) is 7.93. The Morgan fingerprint density at radius 3 is 2.89 bits per heavy atom. The van der Waals surface area contributed by atoms with Gasteiger partial charge in [0.15, 0.2) is 0 Å². The summed E-state index contributed by atoms with van der Waals surface area (Å²) in [6.45, 7) is 1.86. The normalized spacial score (nSPS) is 11.8. The van der Waals surface area contributed by atoms with Crippen LogP contribution in [0.4, 0.5) is 5.69 Å². The minimum atomic E-state index is -3.50. The van der Waals surface area contributed by atoms with Crippen molar-refractivity contribution < 1.29 is 8.42 Å². The molecule has 0 radical (unpaired) electrons. The van der Waals surface area contributed by atoms with E-state index in [1.54, 1.807) is 35.7 Å². The molecule has 2 N–H and O–H groups in total. The zero-order valence-corrected chi connectivity index (χ0v) is 11.7. The Morgan fingerprint density at radius 2 is 2.16 bits per heavy atom. The largest absolute Gasteiger partial charge is 0.342 e. The van der Waals surface area contributed by atoms with E-state index in [1.165, 1.54) is 11.3 Å². The number of nitrogens with one attached hydrogen (secondary N) is 2. The van der Waals surface area contributed by atoms with Crippen LogP contribution in [0, 0.1) is 6.92 Å². The minimum Gasteiger partial charge on any atom is -0.342 e. The summed E-state index contributed by atoms with van der Waals surface area (Å²) in [5.41, 5.74) is 2.14. The van der Waals surface area contributed by atoms with E-state index in [0.29, 0.717) is 9.90 Å². The van der Waals surface area contributed by atoms with Crippen molar-refractivity contribution in [3.63, 3.8) is 0 Å². The number of thiophene rings is 1. The molecule has 0 aliphatic rings. The zero-order chi connectivity index (χ0) is 13.5. The molecule has 0 bridgehead atoms. The summed E-state index contributed by atoms with van der Waals surface area (Å²) in [6, 6.07) is 8.51. The lowest BCUT2D eigenvalue weighted by molar-refractivity contribution is 0.603. The van der Waals surface area contributed by atoms with Gasteiger partial charge < -0.3 is 4.98 Å². The van der Waals surface area contributed by atoms with Crippen LogP contribution in [-0.4, -0.2) is 18.4 Å². The van der Waals surface area contributed by atoms with E-state index < -0.39 is 10.0 Å². The quantitative estimate of drug-likeness (QED) is 0.779. The Hall–Kier alpha value is -1.86. The maximum Gasteiger partial charge on any atom is 0.271 e. The van der Waals surface area contributed by atoms with Gasteiger partial charge in [-0.25, -0.2) is 13.4 Å². The first kappa shape index (κ1) is 12.2. The number of anilines is 1. The number of nitrogens with zero attached hydrogens (tertiary/aromatic N) is 1. The van der Waals surface area contributed by atoms with E-state index in [2.05, 4.69) is 14.7 Å². The number of hydrogen-bond acceptors (Lipinski definition) is 4. The first-order chi connectivity index (χ1) is 9.04. The average Bonchev–Trinajstić information content (AvgIpc) is 2.95. The summed E-state index contributed by atoms with van der Waals surface area (Å²) < 4.78 is 27.0. The lowest BCUT2D eigenvalue weighted by Crippen LogP contribution is -2.11. The molecule has 2 aromatic heterocycles. The second kappa shape index (κ2) is 4.36. The third-order valence-corrected chi connectivity index (χ3v) is 5.39. The van der Waals surface area contributed by atoms with Crippen LogP contribution >= 0.6 is 11.3 Å². The molecule has 3 rings (SSSR count). The Balaban J connectivity index is 1.97. The van der Waals surface area contributed by atoms with Crippen LogP contribution in [0.2, 0.25) is 0 Å². The van der Waals surface area contributed by atoms with Crippen LogP contribution in [0.25, 0.3) is 11.0 Å². The van der Waals surface area contributed by atoms with Gasteiger partial charge in [-0.2, -0.15) is 0 Å². The number of hydrogen-bond donors (Lipinski definition) is 2. The standard InChI is InChI=1S/C12H11N3O2S2/c1-8-13-10-5-4-9(7-11(10)14-8)15-19(16,17)12-3-2-6-18-12/h2-7,15H,1H3,(H,13,14). The topological polar surface area (TPSA) is 74.8 Å². The second-order valence-electron chi connectivity index (χ2n) is 4.09. The highest BCUT2D eigenvalue weighted by Crippen LogP contribution is 2.22. The number of benzene rings is 1. The van der Waals surface area contributed by atoms with Gasteiger partial charge in [-0.05, 0) is 36.6 Å². The highest BCUT2D eigenvalue weighted by atomic mass is 32.2. The predicted molar refractivity (Wildman–Crippen MR) is 76.0 cm³/mol.